The lowest BCUT2D eigenvalue weighted by atomic mass is 10.0. The van der Waals surface area contributed by atoms with E-state index in [4.69, 9.17) is 15.3 Å². The molecule has 1 atom stereocenters. The Hall–Kier alpha value is -0.120. The molecule has 1 unspecified atom stereocenters. The molecule has 0 rings (SSSR count). The fourth-order valence-corrected chi connectivity index (χ4v) is 0.723. The quantitative estimate of drug-likeness (QED) is 0.524. The fourth-order valence-electron chi connectivity index (χ4n) is 0.723. The van der Waals surface area contributed by atoms with Crippen LogP contribution < -0.4 is 0 Å². The van der Waals surface area contributed by atoms with E-state index in [-0.39, 0.29) is 0 Å². The molecule has 0 fully saturated rings. The first kappa shape index (κ1) is 12.5. The lowest BCUT2D eigenvalue weighted by Crippen LogP contribution is -2.24. The summed E-state index contributed by atoms with van der Waals surface area (Å²) in [6.45, 7) is 5.03. The Bertz CT molecular complexity index is 63.7. The van der Waals surface area contributed by atoms with E-state index in [0.717, 1.165) is 7.11 Å². The second-order valence-corrected chi connectivity index (χ2v) is 2.87. The Labute approximate surface area is 62.3 Å². The van der Waals surface area contributed by atoms with Gasteiger partial charge in [0.25, 0.3) is 0 Å². The van der Waals surface area contributed by atoms with Gasteiger partial charge < -0.3 is 15.3 Å². The van der Waals surface area contributed by atoms with E-state index >= 15 is 0 Å². The van der Waals surface area contributed by atoms with Crippen LogP contribution in [0.1, 0.15) is 27.2 Å². The first-order chi connectivity index (χ1) is 4.42. The van der Waals surface area contributed by atoms with Crippen LogP contribution in [0.5, 0.6) is 0 Å². The summed E-state index contributed by atoms with van der Waals surface area (Å²) in [6, 6.07) is 0. The van der Waals surface area contributed by atoms with Crippen molar-refractivity contribution in [1.29, 1.82) is 0 Å². The maximum absolute atomic E-state index is 9.03. The third-order valence-electron chi connectivity index (χ3n) is 0.795. The molecule has 10 heavy (non-hydrogen) atoms. The Morgan fingerprint density at radius 3 is 1.60 bits per heavy atom. The van der Waals surface area contributed by atoms with Crippen LogP contribution in [0.4, 0.5) is 0 Å². The predicted octanol–water partition coefficient (Wildman–Crippen LogP) is 0.137. The molecule has 0 aromatic rings. The number of hydrogen-bond acceptors (Lipinski definition) is 3. The molecule has 0 aliphatic heterocycles. The molecular formula is C7H18O3. The van der Waals surface area contributed by atoms with E-state index < -0.39 is 11.7 Å². The molecule has 0 aliphatic rings. The average Bonchev–Trinajstić information content (AvgIpc) is 1.64. The van der Waals surface area contributed by atoms with Gasteiger partial charge in [0, 0.05) is 13.5 Å². The largest absolute Gasteiger partial charge is 0.400 e. The molecule has 0 spiro atoms. The normalized spacial score (nSPS) is 13.5. The fraction of sp³-hybridized carbons (Fsp3) is 1.00. The first-order valence-corrected chi connectivity index (χ1v) is 3.27. The van der Waals surface area contributed by atoms with E-state index in [0.29, 0.717) is 6.42 Å². The molecule has 3 heteroatoms. The Kier molecular flexibility index (Phi) is 7.09. The third kappa shape index (κ3) is 15.7. The number of aliphatic hydroxyl groups is 3. The third-order valence-corrected chi connectivity index (χ3v) is 0.795. The predicted molar refractivity (Wildman–Crippen MR) is 40.7 cm³/mol. The molecule has 0 saturated heterocycles. The molecule has 0 saturated carbocycles. The van der Waals surface area contributed by atoms with Crippen molar-refractivity contribution in [2.75, 3.05) is 7.11 Å². The van der Waals surface area contributed by atoms with Crippen molar-refractivity contribution in [3.63, 3.8) is 0 Å². The lowest BCUT2D eigenvalue weighted by Gasteiger charge is -2.17. The molecule has 3 nitrogen and oxygen atoms in total. The van der Waals surface area contributed by atoms with Gasteiger partial charge in [-0.2, -0.15) is 0 Å². The zero-order valence-electron chi connectivity index (χ0n) is 7.13. The summed E-state index contributed by atoms with van der Waals surface area (Å²) in [7, 11) is 1.00. The Morgan fingerprint density at radius 2 is 1.60 bits per heavy atom. The average molecular weight is 150 g/mol. The maximum Gasteiger partial charge on any atom is 0.0616 e. The summed E-state index contributed by atoms with van der Waals surface area (Å²) in [5.41, 5.74) is -0.728. The Balaban J connectivity index is 0. The van der Waals surface area contributed by atoms with Crippen LogP contribution >= 0.6 is 0 Å². The van der Waals surface area contributed by atoms with Crippen molar-refractivity contribution in [3.8, 4) is 0 Å². The van der Waals surface area contributed by atoms with Crippen LogP contribution in [-0.2, 0) is 0 Å². The van der Waals surface area contributed by atoms with Gasteiger partial charge in [0.15, 0.2) is 0 Å². The van der Waals surface area contributed by atoms with Crippen molar-refractivity contribution in [2.45, 2.75) is 38.9 Å². The molecule has 0 aromatic heterocycles. The number of hydrogen-bond donors (Lipinski definition) is 3. The van der Waals surface area contributed by atoms with Gasteiger partial charge in [0.05, 0.1) is 11.7 Å². The van der Waals surface area contributed by atoms with Crippen LogP contribution in [0.2, 0.25) is 0 Å². The standard InChI is InChI=1S/C6H14O2.CH4O/c1-5(7)4-6(2,3)8;1-2/h5,7-8H,4H2,1-3H3;2H,1H3. The number of rotatable bonds is 2. The van der Waals surface area contributed by atoms with Crippen LogP contribution in [0.25, 0.3) is 0 Å². The summed E-state index contributed by atoms with van der Waals surface area (Å²) in [4.78, 5) is 0. The van der Waals surface area contributed by atoms with Gasteiger partial charge in [0.1, 0.15) is 0 Å². The van der Waals surface area contributed by atoms with Gasteiger partial charge in [-0.1, -0.05) is 0 Å². The van der Waals surface area contributed by atoms with Crippen LogP contribution in [-0.4, -0.2) is 34.1 Å². The highest BCUT2D eigenvalue weighted by Crippen LogP contribution is 2.09. The van der Waals surface area contributed by atoms with E-state index in [1.54, 1.807) is 20.8 Å². The SMILES string of the molecule is CC(O)CC(C)(C)O.CO. The van der Waals surface area contributed by atoms with E-state index in [1.165, 1.54) is 0 Å². The topological polar surface area (TPSA) is 60.7 Å². The molecule has 0 aromatic carbocycles. The minimum Gasteiger partial charge on any atom is -0.400 e. The second-order valence-electron chi connectivity index (χ2n) is 2.87. The zero-order valence-corrected chi connectivity index (χ0v) is 7.13. The molecule has 0 bridgehead atoms. The zero-order chi connectivity index (χ0) is 8.78. The molecule has 0 amide bonds. The van der Waals surface area contributed by atoms with Crippen LogP contribution in [0.15, 0.2) is 0 Å². The minimum absolute atomic E-state index is 0.407. The second kappa shape index (κ2) is 5.65. The van der Waals surface area contributed by atoms with Gasteiger partial charge in [-0.3, -0.25) is 0 Å². The first-order valence-electron chi connectivity index (χ1n) is 3.27. The molecule has 0 radical (unpaired) electrons. The lowest BCUT2D eigenvalue weighted by molar-refractivity contribution is 0.0249. The van der Waals surface area contributed by atoms with E-state index in [1.807, 2.05) is 0 Å². The Morgan fingerprint density at radius 1 is 1.30 bits per heavy atom. The summed E-state index contributed by atoms with van der Waals surface area (Å²) >= 11 is 0. The van der Waals surface area contributed by atoms with Gasteiger partial charge >= 0.3 is 0 Å². The van der Waals surface area contributed by atoms with Crippen molar-refractivity contribution >= 4 is 0 Å². The summed E-state index contributed by atoms with van der Waals surface area (Å²) < 4.78 is 0. The number of aliphatic hydroxyl groups excluding tert-OH is 2. The van der Waals surface area contributed by atoms with Crippen LogP contribution in [0.3, 0.4) is 0 Å². The van der Waals surface area contributed by atoms with Crippen molar-refractivity contribution in [3.05, 3.63) is 0 Å². The van der Waals surface area contributed by atoms with Crippen molar-refractivity contribution in [1.82, 2.24) is 0 Å². The van der Waals surface area contributed by atoms with Crippen molar-refractivity contribution < 1.29 is 15.3 Å². The van der Waals surface area contributed by atoms with Crippen LogP contribution in [0, 0.1) is 0 Å². The molecule has 64 valence electrons. The van der Waals surface area contributed by atoms with Crippen molar-refractivity contribution in [2.24, 2.45) is 0 Å². The monoisotopic (exact) mass is 150 g/mol. The van der Waals surface area contributed by atoms with Gasteiger partial charge in [0.2, 0.25) is 0 Å². The smallest absolute Gasteiger partial charge is 0.0616 e. The molecule has 3 N–H and O–H groups in total. The summed E-state index contributed by atoms with van der Waals surface area (Å²) in [6.07, 6.45) is 0.0301. The summed E-state index contributed by atoms with van der Waals surface area (Å²) in [5.74, 6) is 0. The molecular weight excluding hydrogens is 132 g/mol. The highest BCUT2D eigenvalue weighted by Gasteiger charge is 2.14. The highest BCUT2D eigenvalue weighted by atomic mass is 16.3. The van der Waals surface area contributed by atoms with Gasteiger partial charge in [-0.05, 0) is 20.8 Å². The summed E-state index contributed by atoms with van der Waals surface area (Å²) in [5, 5.41) is 24.8. The molecule has 0 heterocycles. The van der Waals surface area contributed by atoms with Gasteiger partial charge in [-0.15, -0.1) is 0 Å². The minimum atomic E-state index is -0.728. The van der Waals surface area contributed by atoms with E-state index in [9.17, 15) is 0 Å². The van der Waals surface area contributed by atoms with Gasteiger partial charge in [-0.25, -0.2) is 0 Å². The maximum atomic E-state index is 9.03. The van der Waals surface area contributed by atoms with E-state index in [2.05, 4.69) is 0 Å². The highest BCUT2D eigenvalue weighted by molar-refractivity contribution is 4.67. The molecule has 0 aliphatic carbocycles.